The zero-order valence-corrected chi connectivity index (χ0v) is 19.1. The smallest absolute Gasteiger partial charge is 0.191 e. The van der Waals surface area contributed by atoms with Crippen molar-refractivity contribution in [2.75, 3.05) is 32.4 Å². The number of hydrogen-bond acceptors (Lipinski definition) is 4. The Balaban J connectivity index is 1.35. The molecule has 0 saturated carbocycles. The molecule has 0 aliphatic carbocycles. The van der Waals surface area contributed by atoms with E-state index in [0.29, 0.717) is 0 Å². The van der Waals surface area contributed by atoms with Crippen LogP contribution in [-0.4, -0.2) is 54.5 Å². The van der Waals surface area contributed by atoms with Crippen molar-refractivity contribution in [2.24, 2.45) is 4.99 Å². The topological polar surface area (TPSA) is 59.9 Å². The van der Waals surface area contributed by atoms with Crippen molar-refractivity contribution in [3.05, 3.63) is 64.7 Å². The van der Waals surface area contributed by atoms with E-state index in [-0.39, 0.29) is 6.10 Å². The number of nitrogens with zero attached hydrogens (tertiary/aromatic N) is 2. The Morgan fingerprint density at radius 2 is 1.73 bits per heavy atom. The van der Waals surface area contributed by atoms with Crippen molar-refractivity contribution in [3.63, 3.8) is 0 Å². The van der Waals surface area contributed by atoms with E-state index in [0.717, 1.165) is 62.3 Å². The Hall–Kier alpha value is -1.73. The van der Waals surface area contributed by atoms with Gasteiger partial charge in [0.15, 0.2) is 5.96 Å². The number of guanidine groups is 1. The van der Waals surface area contributed by atoms with E-state index in [4.69, 9.17) is 11.6 Å². The van der Waals surface area contributed by atoms with E-state index in [2.05, 4.69) is 44.8 Å². The number of aliphatic hydroxyl groups is 1. The molecule has 5 nitrogen and oxygen atoms in total. The molecule has 1 aliphatic rings. The van der Waals surface area contributed by atoms with Crippen molar-refractivity contribution >= 4 is 29.3 Å². The number of thioether (sulfide) groups is 1. The normalized spacial score (nSPS) is 15.9. The van der Waals surface area contributed by atoms with Gasteiger partial charge in [-0.05, 0) is 48.2 Å². The molecule has 1 fully saturated rings. The fourth-order valence-electron chi connectivity index (χ4n) is 3.37. The predicted molar refractivity (Wildman–Crippen MR) is 127 cm³/mol. The van der Waals surface area contributed by atoms with E-state index in [1.54, 1.807) is 18.8 Å². The number of benzene rings is 2. The second-order valence-electron chi connectivity index (χ2n) is 7.48. The lowest BCUT2D eigenvalue weighted by molar-refractivity contribution is 0.0792. The Morgan fingerprint density at radius 1 is 1.07 bits per heavy atom. The summed E-state index contributed by atoms with van der Waals surface area (Å²) in [4.78, 5) is 7.92. The maximum Gasteiger partial charge on any atom is 0.191 e. The highest BCUT2D eigenvalue weighted by Crippen LogP contribution is 2.19. The van der Waals surface area contributed by atoms with E-state index in [9.17, 15) is 5.11 Å². The molecule has 0 unspecified atom stereocenters. The van der Waals surface area contributed by atoms with Crippen molar-refractivity contribution in [3.8, 4) is 0 Å². The number of nitrogens with one attached hydrogen (secondary N) is 2. The lowest BCUT2D eigenvalue weighted by atomic mass is 10.1. The molecule has 0 bridgehead atoms. The van der Waals surface area contributed by atoms with Crippen LogP contribution in [-0.2, 0) is 13.1 Å². The van der Waals surface area contributed by atoms with E-state index in [1.165, 1.54) is 16.0 Å². The van der Waals surface area contributed by atoms with Crippen LogP contribution in [0.2, 0.25) is 5.02 Å². The summed E-state index contributed by atoms with van der Waals surface area (Å²) in [7, 11) is 1.79. The monoisotopic (exact) mass is 446 g/mol. The number of halogens is 1. The molecule has 1 aliphatic heterocycles. The molecule has 2 aromatic carbocycles. The largest absolute Gasteiger partial charge is 0.393 e. The van der Waals surface area contributed by atoms with Crippen LogP contribution in [0.3, 0.4) is 0 Å². The molecule has 1 heterocycles. The average molecular weight is 447 g/mol. The van der Waals surface area contributed by atoms with Crippen LogP contribution in [0.15, 0.2) is 58.4 Å². The third-order valence-corrected chi connectivity index (χ3v) is 6.41. The maximum atomic E-state index is 9.63. The van der Waals surface area contributed by atoms with Crippen LogP contribution in [0.5, 0.6) is 0 Å². The van der Waals surface area contributed by atoms with Crippen molar-refractivity contribution in [2.45, 2.75) is 36.9 Å². The SMILES string of the molecule is CN=C(NCCSc1ccc(Cl)cc1)NCc1ccc(CN2CCC(O)CC2)cc1. The summed E-state index contributed by atoms with van der Waals surface area (Å²) in [6.45, 7) is 4.47. The van der Waals surface area contributed by atoms with Gasteiger partial charge in [0.05, 0.1) is 6.10 Å². The Labute approximate surface area is 188 Å². The first-order valence-corrected chi connectivity index (χ1v) is 11.8. The first-order valence-electron chi connectivity index (χ1n) is 10.4. The summed E-state index contributed by atoms with van der Waals surface area (Å²) in [5.74, 6) is 1.76. The van der Waals surface area contributed by atoms with Crippen LogP contribution in [0, 0.1) is 0 Å². The number of aliphatic imine (C=N–C) groups is 1. The summed E-state index contributed by atoms with van der Waals surface area (Å²) in [5.41, 5.74) is 2.54. The highest BCUT2D eigenvalue weighted by Gasteiger charge is 2.16. The summed E-state index contributed by atoms with van der Waals surface area (Å²) in [6.07, 6.45) is 1.65. The average Bonchev–Trinajstić information content (AvgIpc) is 2.77. The van der Waals surface area contributed by atoms with Gasteiger partial charge in [0.25, 0.3) is 0 Å². The Bertz CT molecular complexity index is 790. The molecule has 3 rings (SSSR count). The highest BCUT2D eigenvalue weighted by molar-refractivity contribution is 7.99. The minimum absolute atomic E-state index is 0.117. The highest BCUT2D eigenvalue weighted by atomic mass is 35.5. The number of hydrogen-bond donors (Lipinski definition) is 3. The van der Waals surface area contributed by atoms with Gasteiger partial charge in [-0.2, -0.15) is 0 Å². The van der Waals surface area contributed by atoms with Crippen molar-refractivity contribution < 1.29 is 5.11 Å². The zero-order valence-electron chi connectivity index (χ0n) is 17.5. The molecule has 0 aromatic heterocycles. The maximum absolute atomic E-state index is 9.63. The molecule has 0 amide bonds. The number of rotatable bonds is 8. The summed E-state index contributed by atoms with van der Waals surface area (Å²) >= 11 is 7.71. The quantitative estimate of drug-likeness (QED) is 0.249. The van der Waals surface area contributed by atoms with Crippen molar-refractivity contribution in [1.29, 1.82) is 0 Å². The molecule has 1 saturated heterocycles. The first-order chi connectivity index (χ1) is 14.6. The molecule has 2 aromatic rings. The lowest BCUT2D eigenvalue weighted by Crippen LogP contribution is -2.38. The third kappa shape index (κ3) is 7.84. The number of likely N-dealkylation sites (tertiary alicyclic amines) is 1. The van der Waals surface area contributed by atoms with Gasteiger partial charge in [0.1, 0.15) is 0 Å². The molecule has 3 N–H and O–H groups in total. The predicted octanol–water partition coefficient (Wildman–Crippen LogP) is 3.75. The standard InChI is InChI=1S/C23H31ClN4OS/c1-25-23(26-12-15-30-22-8-6-20(24)7-9-22)27-16-18-2-4-19(5-3-18)17-28-13-10-21(29)11-14-28/h2-9,21,29H,10-17H2,1H3,(H2,25,26,27). The van der Waals surface area contributed by atoms with E-state index >= 15 is 0 Å². The Kier molecular flexibility index (Phi) is 9.33. The molecule has 7 heteroatoms. The molecule has 162 valence electrons. The van der Waals surface area contributed by atoms with Crippen LogP contribution in [0.4, 0.5) is 0 Å². The number of piperidine rings is 1. The van der Waals surface area contributed by atoms with Gasteiger partial charge in [-0.25, -0.2) is 0 Å². The lowest BCUT2D eigenvalue weighted by Gasteiger charge is -2.29. The fourth-order valence-corrected chi connectivity index (χ4v) is 4.27. The Morgan fingerprint density at radius 3 is 2.40 bits per heavy atom. The van der Waals surface area contributed by atoms with Gasteiger partial charge in [-0.3, -0.25) is 9.89 Å². The molecular weight excluding hydrogens is 416 g/mol. The zero-order chi connectivity index (χ0) is 21.2. The minimum atomic E-state index is -0.117. The van der Waals surface area contributed by atoms with Gasteiger partial charge >= 0.3 is 0 Å². The van der Waals surface area contributed by atoms with Crippen LogP contribution < -0.4 is 10.6 Å². The minimum Gasteiger partial charge on any atom is -0.393 e. The van der Waals surface area contributed by atoms with Crippen LogP contribution in [0.1, 0.15) is 24.0 Å². The van der Waals surface area contributed by atoms with Gasteiger partial charge in [0.2, 0.25) is 0 Å². The molecule has 0 atom stereocenters. The van der Waals surface area contributed by atoms with Gasteiger partial charge in [0, 0.05) is 55.4 Å². The van der Waals surface area contributed by atoms with E-state index < -0.39 is 0 Å². The van der Waals surface area contributed by atoms with Gasteiger partial charge < -0.3 is 15.7 Å². The van der Waals surface area contributed by atoms with Crippen molar-refractivity contribution in [1.82, 2.24) is 15.5 Å². The summed E-state index contributed by atoms with van der Waals surface area (Å²) in [6, 6.07) is 16.6. The molecular formula is C23H31ClN4OS. The second kappa shape index (κ2) is 12.2. The molecule has 30 heavy (non-hydrogen) atoms. The van der Waals surface area contributed by atoms with Gasteiger partial charge in [-0.1, -0.05) is 35.9 Å². The fraction of sp³-hybridized carbons (Fsp3) is 0.435. The first kappa shape index (κ1) is 22.9. The third-order valence-electron chi connectivity index (χ3n) is 5.15. The summed E-state index contributed by atoms with van der Waals surface area (Å²) < 4.78 is 0. The molecule has 0 spiro atoms. The second-order valence-corrected chi connectivity index (χ2v) is 9.08. The molecule has 0 radical (unpaired) electrons. The summed E-state index contributed by atoms with van der Waals surface area (Å²) in [5, 5.41) is 17.1. The van der Waals surface area contributed by atoms with Gasteiger partial charge in [-0.15, -0.1) is 11.8 Å². The van der Waals surface area contributed by atoms with E-state index in [1.807, 2.05) is 24.3 Å². The van der Waals surface area contributed by atoms with Crippen LogP contribution in [0.25, 0.3) is 0 Å². The number of aliphatic hydroxyl groups excluding tert-OH is 1. The van der Waals surface area contributed by atoms with Crippen LogP contribution >= 0.6 is 23.4 Å².